The first-order valence-corrected chi connectivity index (χ1v) is 13.4. The summed E-state index contributed by atoms with van der Waals surface area (Å²) in [6, 6.07) is 1.21. The number of urea groups is 1. The number of phenolic OH excluding ortho intramolecular Hbond substituents is 1. The monoisotopic (exact) mass is 661 g/mol. The van der Waals surface area contributed by atoms with Crippen LogP contribution < -0.4 is 10.6 Å². The fourth-order valence-corrected chi connectivity index (χ4v) is 7.80. The average molecular weight is 662 g/mol. The minimum Gasteiger partial charge on any atom is -0.505 e. The fourth-order valence-electron chi connectivity index (χ4n) is 6.86. The maximum Gasteiger partial charge on any atom is 0.328 e. The Kier molecular flexibility index (Phi) is 6.43. The van der Waals surface area contributed by atoms with Crippen LogP contribution in [0.15, 0.2) is 29.8 Å². The predicted molar refractivity (Wildman–Crippen MR) is 136 cm³/mol. The highest BCUT2D eigenvalue weighted by molar-refractivity contribution is 6.58. The molecule has 2 aromatic carbocycles. The van der Waals surface area contributed by atoms with Crippen molar-refractivity contribution in [1.29, 1.82) is 0 Å². The molecule has 2 aliphatic heterocycles. The van der Waals surface area contributed by atoms with Crippen molar-refractivity contribution < 1.29 is 55.4 Å². The zero-order valence-electron chi connectivity index (χ0n) is 21.5. The summed E-state index contributed by atoms with van der Waals surface area (Å²) >= 11 is 13.7. The number of carbonyl (C=O) groups excluding carboxylic acids is 5. The van der Waals surface area contributed by atoms with E-state index in [4.69, 9.17) is 28.9 Å². The number of hydrogen-bond acceptors (Lipinski definition) is 6. The number of anilines is 1. The minimum atomic E-state index is -2.86. The van der Waals surface area contributed by atoms with Gasteiger partial charge >= 0.3 is 6.03 Å². The number of aromatic hydroxyl groups is 1. The number of nitrogens with zero attached hydrogens (tertiary/aromatic N) is 2. The van der Waals surface area contributed by atoms with Gasteiger partial charge in [0.25, 0.3) is 11.8 Å². The molecular formula is C27H15Cl2F6N3O6. The zero-order valence-corrected chi connectivity index (χ0v) is 23.0. The van der Waals surface area contributed by atoms with Gasteiger partial charge in [-0.3, -0.25) is 19.2 Å². The van der Waals surface area contributed by atoms with Crippen molar-refractivity contribution in [1.82, 2.24) is 4.90 Å². The topological polar surface area (TPSA) is 138 Å². The molecule has 4 aliphatic rings. The van der Waals surface area contributed by atoms with Gasteiger partial charge in [0.05, 0.1) is 11.8 Å². The lowest BCUT2D eigenvalue weighted by atomic mass is 9.56. The van der Waals surface area contributed by atoms with Gasteiger partial charge in [-0.15, -0.1) is 23.2 Å². The smallest absolute Gasteiger partial charge is 0.328 e. The van der Waals surface area contributed by atoms with Crippen molar-refractivity contribution >= 4 is 58.5 Å². The maximum atomic E-state index is 15.0. The number of rotatable bonds is 2. The number of hydrogen-bond donors (Lipinski definition) is 2. The first kappa shape index (κ1) is 29.9. The van der Waals surface area contributed by atoms with Crippen LogP contribution in [0.25, 0.3) is 0 Å². The van der Waals surface area contributed by atoms with Crippen LogP contribution in [0.1, 0.15) is 24.3 Å². The van der Waals surface area contributed by atoms with E-state index >= 15 is 0 Å². The molecule has 9 nitrogen and oxygen atoms in total. The van der Waals surface area contributed by atoms with E-state index in [1.54, 1.807) is 0 Å². The van der Waals surface area contributed by atoms with Crippen molar-refractivity contribution in [3.8, 4) is 5.75 Å². The Morgan fingerprint density at radius 1 is 0.886 bits per heavy atom. The van der Waals surface area contributed by atoms with Crippen LogP contribution in [-0.2, 0) is 19.2 Å². The number of allylic oxidation sites excluding steroid dienone is 2. The van der Waals surface area contributed by atoms with Crippen molar-refractivity contribution in [2.45, 2.75) is 28.5 Å². The highest BCUT2D eigenvalue weighted by Gasteiger charge is 2.77. The van der Waals surface area contributed by atoms with E-state index in [1.165, 1.54) is 6.08 Å². The summed E-state index contributed by atoms with van der Waals surface area (Å²) in [5.74, 6) is -26.0. The Bertz CT molecular complexity index is 1780. The summed E-state index contributed by atoms with van der Waals surface area (Å²) in [6.07, 6.45) is 0.286. The Morgan fingerprint density at radius 2 is 1.48 bits per heavy atom. The Labute approximate surface area is 251 Å². The molecule has 0 bridgehead atoms. The van der Waals surface area contributed by atoms with Crippen LogP contribution in [0.5, 0.6) is 5.75 Å². The van der Waals surface area contributed by atoms with Crippen molar-refractivity contribution in [3.63, 3.8) is 0 Å². The van der Waals surface area contributed by atoms with Gasteiger partial charge in [-0.1, -0.05) is 17.7 Å². The van der Waals surface area contributed by atoms with E-state index in [1.807, 2.05) is 0 Å². The molecule has 3 N–H and O–H groups in total. The van der Waals surface area contributed by atoms with E-state index in [9.17, 15) is 55.4 Å². The summed E-state index contributed by atoms with van der Waals surface area (Å²) in [4.78, 5) is 60.2. The largest absolute Gasteiger partial charge is 0.505 e. The molecule has 6 atom stereocenters. The van der Waals surface area contributed by atoms with Crippen molar-refractivity contribution in [3.05, 3.63) is 70.3 Å². The van der Waals surface area contributed by atoms with Gasteiger partial charge in [-0.25, -0.2) is 36.0 Å². The van der Waals surface area contributed by atoms with Crippen LogP contribution in [0, 0.1) is 52.7 Å². The van der Waals surface area contributed by atoms with Crippen molar-refractivity contribution in [2.24, 2.45) is 23.5 Å². The second kappa shape index (κ2) is 9.44. The third-order valence-electron chi connectivity index (χ3n) is 8.75. The predicted octanol–water partition coefficient (Wildman–Crippen LogP) is 3.87. The molecule has 6 amide bonds. The van der Waals surface area contributed by atoms with Gasteiger partial charge < -0.3 is 10.8 Å². The van der Waals surface area contributed by atoms with Gasteiger partial charge in [-0.05, 0) is 36.5 Å². The lowest BCUT2D eigenvalue weighted by Gasteiger charge is -2.50. The van der Waals surface area contributed by atoms with E-state index in [2.05, 4.69) is 0 Å². The Balaban J connectivity index is 1.61. The number of carbonyl (C=O) groups is 5. The summed E-state index contributed by atoms with van der Waals surface area (Å²) in [6.45, 7) is 0. The van der Waals surface area contributed by atoms with Gasteiger partial charge in [0, 0.05) is 5.92 Å². The molecule has 2 aromatic rings. The SMILES string of the molecule is NC(=O)N1C(=O)C2CC=C3C(CC4(Cl)C(=O)N(c5c(F)c(F)c(F)c(F)c5F)C(=O)C4(Cl)C3c3ccc(O)c(F)c3)C2C1=O. The fraction of sp³-hybridized carbons (Fsp3) is 0.296. The number of amides is 6. The summed E-state index contributed by atoms with van der Waals surface area (Å²) in [5.41, 5.74) is 3.02. The molecule has 1 saturated carbocycles. The van der Waals surface area contributed by atoms with Crippen LogP contribution in [0.3, 0.4) is 0 Å². The molecule has 0 spiro atoms. The number of halogens is 8. The highest BCUT2D eigenvalue weighted by atomic mass is 35.5. The number of benzene rings is 2. The highest BCUT2D eigenvalue weighted by Crippen LogP contribution is 2.66. The number of likely N-dealkylation sites (tertiary alicyclic amines) is 1. The number of primary amides is 1. The molecule has 17 heteroatoms. The second-order valence-electron chi connectivity index (χ2n) is 10.8. The number of fused-ring (bicyclic) bond motifs is 4. The molecular weight excluding hydrogens is 647 g/mol. The number of nitrogens with two attached hydrogens (primary N) is 1. The van der Waals surface area contributed by atoms with E-state index < -0.39 is 116 Å². The van der Waals surface area contributed by atoms with Gasteiger partial charge in [0.15, 0.2) is 44.6 Å². The molecule has 6 rings (SSSR count). The summed E-state index contributed by atoms with van der Waals surface area (Å²) < 4.78 is 86.8. The lowest BCUT2D eigenvalue weighted by molar-refractivity contribution is -0.136. The molecule has 44 heavy (non-hydrogen) atoms. The van der Waals surface area contributed by atoms with E-state index in [0.29, 0.717) is 6.07 Å². The molecule has 2 saturated heterocycles. The minimum absolute atomic E-state index is 0.0236. The Morgan fingerprint density at radius 3 is 2.05 bits per heavy atom. The maximum absolute atomic E-state index is 15.0. The molecule has 2 aliphatic carbocycles. The first-order chi connectivity index (χ1) is 20.5. The van der Waals surface area contributed by atoms with Crippen LogP contribution in [0.4, 0.5) is 36.8 Å². The summed E-state index contributed by atoms with van der Waals surface area (Å²) in [5, 5.41) is 9.77. The number of phenols is 1. The summed E-state index contributed by atoms with van der Waals surface area (Å²) in [7, 11) is 0. The normalized spacial score (nSPS) is 31.2. The van der Waals surface area contributed by atoms with Gasteiger partial charge in [-0.2, -0.15) is 4.90 Å². The average Bonchev–Trinajstić information content (AvgIpc) is 3.31. The lowest BCUT2D eigenvalue weighted by Crippen LogP contribution is -2.60. The standard InChI is InChI=1S/C27H15Cl2F6N3O6/c28-26-6-10-8(2-3-9-13(10)22(41)38(21(9)40)25(36)44)14(7-1-4-12(39)11(30)5-7)27(26,29)24(43)37(23(26)42)20-18(34)16(32)15(31)17(33)19(20)35/h1-2,4-5,9-10,13-14,39H,3,6H2,(H2,36,44). The van der Waals surface area contributed by atoms with E-state index in [0.717, 1.165) is 12.1 Å². The molecule has 0 radical (unpaired) electrons. The van der Waals surface area contributed by atoms with Gasteiger partial charge in [0.2, 0.25) is 17.6 Å². The third kappa shape index (κ3) is 3.47. The quantitative estimate of drug-likeness (QED) is 0.125. The molecule has 2 heterocycles. The second-order valence-corrected chi connectivity index (χ2v) is 12.0. The molecule has 0 aromatic heterocycles. The molecule has 230 valence electrons. The molecule has 3 fully saturated rings. The first-order valence-electron chi connectivity index (χ1n) is 12.6. The van der Waals surface area contributed by atoms with Crippen LogP contribution in [0.2, 0.25) is 0 Å². The van der Waals surface area contributed by atoms with E-state index in [-0.39, 0.29) is 27.4 Å². The number of alkyl halides is 2. The van der Waals surface area contributed by atoms with Crippen LogP contribution in [-0.4, -0.2) is 49.4 Å². The van der Waals surface area contributed by atoms with Gasteiger partial charge in [0.1, 0.15) is 5.69 Å². The van der Waals surface area contributed by atoms with Crippen molar-refractivity contribution in [2.75, 3.05) is 4.90 Å². The number of imide groups is 4. The molecule has 6 unspecified atom stereocenters. The third-order valence-corrected chi connectivity index (χ3v) is 10.2. The Hall–Kier alpha value is -4.11. The zero-order chi connectivity index (χ0) is 32.4. The van der Waals surface area contributed by atoms with Crippen LogP contribution >= 0.6 is 23.2 Å².